The van der Waals surface area contributed by atoms with Gasteiger partial charge in [0.2, 0.25) is 0 Å². The second-order valence-electron chi connectivity index (χ2n) is 3.45. The first-order chi connectivity index (χ1) is 6.38. The molecule has 1 aliphatic rings. The molecule has 1 fully saturated rings. The Morgan fingerprint density at radius 3 is 3.00 bits per heavy atom. The topological polar surface area (TPSA) is 18.5 Å². The first-order valence-electron chi connectivity index (χ1n) is 5.10. The van der Waals surface area contributed by atoms with E-state index in [1.165, 1.54) is 31.4 Å². The van der Waals surface area contributed by atoms with Gasteiger partial charge in [0.1, 0.15) is 6.79 Å². The van der Waals surface area contributed by atoms with Crippen LogP contribution in [0.25, 0.3) is 0 Å². The van der Waals surface area contributed by atoms with Gasteiger partial charge < -0.3 is 9.47 Å². The van der Waals surface area contributed by atoms with Crippen LogP contribution in [0.15, 0.2) is 0 Å². The van der Waals surface area contributed by atoms with E-state index in [0.29, 0.717) is 12.9 Å². The van der Waals surface area contributed by atoms with Crippen LogP contribution in [0.2, 0.25) is 0 Å². The van der Waals surface area contributed by atoms with Crippen LogP contribution in [0, 0.1) is 0 Å². The zero-order valence-corrected chi connectivity index (χ0v) is 9.44. The number of rotatable bonds is 6. The van der Waals surface area contributed by atoms with Crippen molar-refractivity contribution in [3.8, 4) is 0 Å². The van der Waals surface area contributed by atoms with Crippen molar-refractivity contribution in [3.05, 3.63) is 0 Å². The predicted octanol–water partition coefficient (Wildman–Crippen LogP) is 2.67. The van der Waals surface area contributed by atoms with E-state index >= 15 is 0 Å². The van der Waals surface area contributed by atoms with Crippen molar-refractivity contribution in [2.24, 2.45) is 0 Å². The Balaban J connectivity index is 2.18. The van der Waals surface area contributed by atoms with Crippen molar-refractivity contribution in [1.82, 2.24) is 0 Å². The Kier molecular flexibility index (Phi) is 5.83. The second kappa shape index (κ2) is 6.68. The van der Waals surface area contributed by atoms with E-state index in [-0.39, 0.29) is 0 Å². The number of ether oxygens (including phenoxy) is 2. The summed E-state index contributed by atoms with van der Waals surface area (Å²) in [5.41, 5.74) is 0. The summed E-state index contributed by atoms with van der Waals surface area (Å²) < 4.78 is 10.5. The van der Waals surface area contributed by atoms with Crippen molar-refractivity contribution in [3.63, 3.8) is 0 Å². The second-order valence-corrected chi connectivity index (χ2v) is 4.80. The smallest absolute Gasteiger partial charge is 0.146 e. The number of hydrogen-bond acceptors (Lipinski definition) is 3. The molecule has 1 aliphatic heterocycles. The standard InChI is InChI=1S/C10H20O2S/c1-3-4-5-10-9(6-7-13-10)12-8-11-2/h9-10H,3-8H2,1-2H3/t9-,10-/m1/s1. The van der Waals surface area contributed by atoms with Gasteiger partial charge in [-0.15, -0.1) is 0 Å². The van der Waals surface area contributed by atoms with Crippen molar-refractivity contribution < 1.29 is 9.47 Å². The summed E-state index contributed by atoms with van der Waals surface area (Å²) in [6.07, 6.45) is 5.55. The Labute approximate surface area is 85.4 Å². The molecule has 0 radical (unpaired) electrons. The number of unbranched alkanes of at least 4 members (excludes halogenated alkanes) is 1. The predicted molar refractivity (Wildman–Crippen MR) is 57.1 cm³/mol. The molecule has 0 aromatic rings. The third-order valence-corrected chi connectivity index (χ3v) is 3.83. The molecule has 0 bridgehead atoms. The van der Waals surface area contributed by atoms with Crippen LogP contribution in [-0.2, 0) is 9.47 Å². The minimum Gasteiger partial charge on any atom is -0.359 e. The van der Waals surface area contributed by atoms with Crippen LogP contribution in [-0.4, -0.2) is 31.0 Å². The van der Waals surface area contributed by atoms with E-state index in [1.807, 2.05) is 0 Å². The van der Waals surface area contributed by atoms with Gasteiger partial charge in [0.15, 0.2) is 0 Å². The molecule has 0 aliphatic carbocycles. The summed E-state index contributed by atoms with van der Waals surface area (Å²) in [6, 6.07) is 0. The fourth-order valence-corrected chi connectivity index (χ4v) is 3.08. The highest BCUT2D eigenvalue weighted by atomic mass is 32.2. The van der Waals surface area contributed by atoms with E-state index in [1.54, 1.807) is 7.11 Å². The molecule has 1 heterocycles. The third kappa shape index (κ3) is 3.88. The van der Waals surface area contributed by atoms with Gasteiger partial charge in [-0.1, -0.05) is 19.8 Å². The van der Waals surface area contributed by atoms with E-state index in [9.17, 15) is 0 Å². The van der Waals surface area contributed by atoms with Gasteiger partial charge >= 0.3 is 0 Å². The molecular formula is C10H20O2S. The highest BCUT2D eigenvalue weighted by Crippen LogP contribution is 2.32. The van der Waals surface area contributed by atoms with Gasteiger partial charge in [-0.05, 0) is 18.6 Å². The number of hydrogen-bond donors (Lipinski definition) is 0. The van der Waals surface area contributed by atoms with Crippen LogP contribution >= 0.6 is 11.8 Å². The maximum atomic E-state index is 5.62. The minimum absolute atomic E-state index is 0.441. The highest BCUT2D eigenvalue weighted by molar-refractivity contribution is 8.00. The summed E-state index contributed by atoms with van der Waals surface area (Å²) in [4.78, 5) is 0. The molecular weight excluding hydrogens is 184 g/mol. The average molecular weight is 204 g/mol. The zero-order valence-electron chi connectivity index (χ0n) is 8.62. The largest absolute Gasteiger partial charge is 0.359 e. The molecule has 2 nitrogen and oxygen atoms in total. The van der Waals surface area contributed by atoms with Crippen molar-refractivity contribution in [1.29, 1.82) is 0 Å². The molecule has 0 spiro atoms. The third-order valence-electron chi connectivity index (χ3n) is 2.39. The van der Waals surface area contributed by atoms with Gasteiger partial charge in [0, 0.05) is 12.4 Å². The first kappa shape index (κ1) is 11.3. The summed E-state index contributed by atoms with van der Waals surface area (Å²) >= 11 is 2.06. The van der Waals surface area contributed by atoms with Crippen LogP contribution in [0.4, 0.5) is 0 Å². The van der Waals surface area contributed by atoms with E-state index in [4.69, 9.17) is 9.47 Å². The number of methoxy groups -OCH3 is 1. The monoisotopic (exact) mass is 204 g/mol. The van der Waals surface area contributed by atoms with Crippen LogP contribution in [0.1, 0.15) is 32.6 Å². The Morgan fingerprint density at radius 2 is 2.31 bits per heavy atom. The normalized spacial score (nSPS) is 28.2. The lowest BCUT2D eigenvalue weighted by Crippen LogP contribution is -2.22. The van der Waals surface area contributed by atoms with E-state index < -0.39 is 0 Å². The highest BCUT2D eigenvalue weighted by Gasteiger charge is 2.27. The Morgan fingerprint density at radius 1 is 1.46 bits per heavy atom. The Bertz CT molecular complexity index is 116. The zero-order chi connectivity index (χ0) is 9.52. The minimum atomic E-state index is 0.441. The molecule has 0 N–H and O–H groups in total. The maximum absolute atomic E-state index is 5.62. The van der Waals surface area contributed by atoms with Crippen molar-refractivity contribution >= 4 is 11.8 Å². The summed E-state index contributed by atoms with van der Waals surface area (Å²) in [6.45, 7) is 2.69. The van der Waals surface area contributed by atoms with E-state index in [0.717, 1.165) is 5.25 Å². The quantitative estimate of drug-likeness (QED) is 0.620. The molecule has 0 amide bonds. The molecule has 0 saturated carbocycles. The Hall–Kier alpha value is 0.270. The van der Waals surface area contributed by atoms with E-state index in [2.05, 4.69) is 18.7 Å². The lowest BCUT2D eigenvalue weighted by atomic mass is 10.1. The molecule has 1 saturated heterocycles. The summed E-state index contributed by atoms with van der Waals surface area (Å²) in [5.74, 6) is 1.25. The first-order valence-corrected chi connectivity index (χ1v) is 6.15. The van der Waals surface area contributed by atoms with Gasteiger partial charge in [-0.3, -0.25) is 0 Å². The van der Waals surface area contributed by atoms with Crippen LogP contribution in [0.5, 0.6) is 0 Å². The van der Waals surface area contributed by atoms with Gasteiger partial charge in [-0.25, -0.2) is 0 Å². The van der Waals surface area contributed by atoms with Crippen LogP contribution in [0.3, 0.4) is 0 Å². The SMILES string of the molecule is CCCC[C@H]1SCC[C@H]1OCOC. The maximum Gasteiger partial charge on any atom is 0.146 e. The molecule has 0 unspecified atom stereocenters. The summed E-state index contributed by atoms with van der Waals surface area (Å²) in [7, 11) is 1.68. The average Bonchev–Trinajstić information content (AvgIpc) is 2.59. The molecule has 78 valence electrons. The van der Waals surface area contributed by atoms with Crippen LogP contribution < -0.4 is 0 Å². The van der Waals surface area contributed by atoms with Crippen molar-refractivity contribution in [2.75, 3.05) is 19.7 Å². The van der Waals surface area contributed by atoms with Gasteiger partial charge in [0.25, 0.3) is 0 Å². The van der Waals surface area contributed by atoms with Gasteiger partial charge in [0.05, 0.1) is 6.10 Å². The van der Waals surface area contributed by atoms with Gasteiger partial charge in [-0.2, -0.15) is 11.8 Å². The number of thioether (sulfide) groups is 1. The van der Waals surface area contributed by atoms with Crippen molar-refractivity contribution in [2.45, 2.75) is 44.0 Å². The molecule has 0 aromatic heterocycles. The lowest BCUT2D eigenvalue weighted by molar-refractivity contribution is -0.0707. The molecule has 3 heteroatoms. The summed E-state index contributed by atoms with van der Waals surface area (Å²) in [5, 5.41) is 0.718. The molecule has 13 heavy (non-hydrogen) atoms. The lowest BCUT2D eigenvalue weighted by Gasteiger charge is -2.18. The molecule has 2 atom stereocenters. The molecule has 0 aromatic carbocycles. The fraction of sp³-hybridized carbons (Fsp3) is 1.00. The fourth-order valence-electron chi connectivity index (χ4n) is 1.65. The molecule has 1 rings (SSSR count).